The monoisotopic (exact) mass is 258 g/mol. The molecule has 0 atom stereocenters. The summed E-state index contributed by atoms with van der Waals surface area (Å²) < 4.78 is 5.52. The van der Waals surface area contributed by atoms with Crippen molar-refractivity contribution < 1.29 is 14.6 Å². The lowest BCUT2D eigenvalue weighted by atomic mass is 10.3. The van der Waals surface area contributed by atoms with Gasteiger partial charge >= 0.3 is 0 Å². The van der Waals surface area contributed by atoms with Crippen LogP contribution in [0.25, 0.3) is 0 Å². The van der Waals surface area contributed by atoms with E-state index in [1.807, 2.05) is 0 Å². The molecule has 0 saturated heterocycles. The Kier molecular flexibility index (Phi) is 3.66. The summed E-state index contributed by atoms with van der Waals surface area (Å²) in [6.45, 7) is 0. The molecule has 5 nitrogen and oxygen atoms in total. The molecule has 0 aliphatic heterocycles. The van der Waals surface area contributed by atoms with Crippen LogP contribution in [0.5, 0.6) is 17.2 Å². The third-order valence-electron chi connectivity index (χ3n) is 2.45. The fourth-order valence-corrected chi connectivity index (χ4v) is 1.49. The average molecular weight is 258 g/mol. The van der Waals surface area contributed by atoms with Gasteiger partial charge in [-0.1, -0.05) is 12.1 Å². The molecular weight excluding hydrogens is 244 g/mol. The first-order valence-corrected chi connectivity index (χ1v) is 5.71. The number of aromatic nitrogens is 1. The lowest BCUT2D eigenvalue weighted by Gasteiger charge is -2.11. The highest BCUT2D eigenvalue weighted by Gasteiger charge is 2.11. The standard InChI is InChI=1S/C14H14N2O3/c1-16(2)14(18)11-9-10(7-8-15-11)19-13-6-4-3-5-12(13)17/h3-9,17H,1-2H3. The number of carbonyl (C=O) groups is 1. The minimum absolute atomic E-state index is 0.0415. The van der Waals surface area contributed by atoms with E-state index in [9.17, 15) is 9.90 Å². The number of benzene rings is 1. The van der Waals surface area contributed by atoms with Gasteiger partial charge in [0, 0.05) is 26.4 Å². The predicted octanol–water partition coefficient (Wildman–Crippen LogP) is 2.28. The molecule has 0 fully saturated rings. The van der Waals surface area contributed by atoms with E-state index >= 15 is 0 Å². The van der Waals surface area contributed by atoms with Gasteiger partial charge in [-0.05, 0) is 18.2 Å². The van der Waals surface area contributed by atoms with Crippen molar-refractivity contribution >= 4 is 5.91 Å². The molecule has 0 aliphatic carbocycles. The number of para-hydroxylation sites is 2. The first-order valence-electron chi connectivity index (χ1n) is 5.71. The van der Waals surface area contributed by atoms with Gasteiger partial charge in [-0.3, -0.25) is 9.78 Å². The molecule has 0 saturated carbocycles. The molecule has 0 aliphatic rings. The summed E-state index contributed by atoms with van der Waals surface area (Å²) in [6.07, 6.45) is 1.49. The minimum atomic E-state index is -0.206. The first kappa shape index (κ1) is 12.9. The first-order chi connectivity index (χ1) is 9.08. The number of hydrogen-bond donors (Lipinski definition) is 1. The summed E-state index contributed by atoms with van der Waals surface area (Å²) in [7, 11) is 3.31. The molecule has 1 N–H and O–H groups in total. The molecule has 98 valence electrons. The summed E-state index contributed by atoms with van der Waals surface area (Å²) in [5, 5.41) is 9.62. The summed E-state index contributed by atoms with van der Waals surface area (Å²) in [4.78, 5) is 17.2. The molecule has 5 heteroatoms. The van der Waals surface area contributed by atoms with Crippen LogP contribution in [0.4, 0.5) is 0 Å². The quantitative estimate of drug-likeness (QED) is 0.917. The van der Waals surface area contributed by atoms with Crippen molar-refractivity contribution in [1.82, 2.24) is 9.88 Å². The van der Waals surface area contributed by atoms with Crippen molar-refractivity contribution in [3.8, 4) is 17.2 Å². The molecule has 0 radical (unpaired) electrons. The number of phenolic OH excluding ortho intramolecular Hbond substituents is 1. The molecule has 1 aromatic carbocycles. The van der Waals surface area contributed by atoms with Gasteiger partial charge in [0.15, 0.2) is 11.5 Å². The molecule has 0 spiro atoms. The summed E-state index contributed by atoms with van der Waals surface area (Å²) in [5.41, 5.74) is 0.290. The van der Waals surface area contributed by atoms with E-state index in [2.05, 4.69) is 4.98 Å². The van der Waals surface area contributed by atoms with Crippen LogP contribution in [0, 0.1) is 0 Å². The van der Waals surface area contributed by atoms with Crippen molar-refractivity contribution in [1.29, 1.82) is 0 Å². The van der Waals surface area contributed by atoms with Gasteiger partial charge in [-0.15, -0.1) is 0 Å². The number of rotatable bonds is 3. The van der Waals surface area contributed by atoms with Crippen molar-refractivity contribution in [2.24, 2.45) is 0 Å². The Morgan fingerprint density at radius 3 is 2.68 bits per heavy atom. The number of pyridine rings is 1. The second-order valence-corrected chi connectivity index (χ2v) is 4.15. The van der Waals surface area contributed by atoms with E-state index < -0.39 is 0 Å². The van der Waals surface area contributed by atoms with Crippen LogP contribution >= 0.6 is 0 Å². The van der Waals surface area contributed by atoms with Gasteiger partial charge in [0.1, 0.15) is 11.4 Å². The molecule has 1 heterocycles. The lowest BCUT2D eigenvalue weighted by molar-refractivity contribution is 0.0821. The Labute approximate surface area is 111 Å². The number of aromatic hydroxyl groups is 1. The van der Waals surface area contributed by atoms with Crippen LogP contribution in [0.15, 0.2) is 42.6 Å². The zero-order valence-electron chi connectivity index (χ0n) is 10.7. The fourth-order valence-electron chi connectivity index (χ4n) is 1.49. The van der Waals surface area contributed by atoms with E-state index in [4.69, 9.17) is 4.74 Å². The van der Waals surface area contributed by atoms with Gasteiger partial charge in [-0.2, -0.15) is 0 Å². The largest absolute Gasteiger partial charge is 0.504 e. The zero-order chi connectivity index (χ0) is 13.8. The Bertz CT molecular complexity index is 597. The van der Waals surface area contributed by atoms with E-state index in [1.54, 1.807) is 38.4 Å². The SMILES string of the molecule is CN(C)C(=O)c1cc(Oc2ccccc2O)ccn1. The van der Waals surface area contributed by atoms with Crippen LogP contribution in [0.1, 0.15) is 10.5 Å². The third kappa shape index (κ3) is 3.01. The summed E-state index contributed by atoms with van der Waals surface area (Å²) in [6, 6.07) is 9.79. The van der Waals surface area contributed by atoms with Crippen LogP contribution in [-0.4, -0.2) is 35.0 Å². The Morgan fingerprint density at radius 1 is 1.26 bits per heavy atom. The Hall–Kier alpha value is -2.56. The molecule has 2 rings (SSSR count). The topological polar surface area (TPSA) is 62.7 Å². The lowest BCUT2D eigenvalue weighted by Crippen LogP contribution is -2.22. The number of carbonyl (C=O) groups excluding carboxylic acids is 1. The molecule has 0 unspecified atom stereocenters. The third-order valence-corrected chi connectivity index (χ3v) is 2.45. The van der Waals surface area contributed by atoms with Gasteiger partial charge in [-0.25, -0.2) is 0 Å². The van der Waals surface area contributed by atoms with E-state index in [0.29, 0.717) is 11.5 Å². The maximum Gasteiger partial charge on any atom is 0.272 e. The second-order valence-electron chi connectivity index (χ2n) is 4.15. The minimum Gasteiger partial charge on any atom is -0.504 e. The van der Waals surface area contributed by atoms with Crippen LogP contribution in [0.2, 0.25) is 0 Å². The van der Waals surface area contributed by atoms with Crippen molar-refractivity contribution in [2.45, 2.75) is 0 Å². The maximum absolute atomic E-state index is 11.8. The number of nitrogens with zero attached hydrogens (tertiary/aromatic N) is 2. The normalized spacial score (nSPS) is 10.0. The van der Waals surface area contributed by atoms with E-state index in [0.717, 1.165) is 0 Å². The second kappa shape index (κ2) is 5.39. The van der Waals surface area contributed by atoms with Gasteiger partial charge in [0.2, 0.25) is 0 Å². The number of hydrogen-bond acceptors (Lipinski definition) is 4. The predicted molar refractivity (Wildman–Crippen MR) is 70.4 cm³/mol. The van der Waals surface area contributed by atoms with Gasteiger partial charge in [0.25, 0.3) is 5.91 Å². The summed E-state index contributed by atoms with van der Waals surface area (Å²) >= 11 is 0. The molecule has 1 aromatic heterocycles. The summed E-state index contributed by atoms with van der Waals surface area (Å²) in [5.74, 6) is 0.612. The zero-order valence-corrected chi connectivity index (χ0v) is 10.7. The number of amides is 1. The molecule has 0 bridgehead atoms. The highest BCUT2D eigenvalue weighted by atomic mass is 16.5. The Balaban J connectivity index is 2.25. The maximum atomic E-state index is 11.8. The van der Waals surface area contributed by atoms with Crippen LogP contribution in [0.3, 0.4) is 0 Å². The van der Waals surface area contributed by atoms with E-state index in [-0.39, 0.29) is 17.4 Å². The van der Waals surface area contributed by atoms with E-state index in [1.165, 1.54) is 23.2 Å². The Morgan fingerprint density at radius 2 is 2.00 bits per heavy atom. The van der Waals surface area contributed by atoms with Crippen LogP contribution in [-0.2, 0) is 0 Å². The molecule has 19 heavy (non-hydrogen) atoms. The molecular formula is C14H14N2O3. The molecule has 1 amide bonds. The fraction of sp³-hybridized carbons (Fsp3) is 0.143. The average Bonchev–Trinajstić information content (AvgIpc) is 2.41. The van der Waals surface area contributed by atoms with Gasteiger partial charge < -0.3 is 14.7 Å². The number of phenols is 1. The van der Waals surface area contributed by atoms with Crippen molar-refractivity contribution in [2.75, 3.05) is 14.1 Å². The highest BCUT2D eigenvalue weighted by Crippen LogP contribution is 2.29. The molecule has 2 aromatic rings. The van der Waals surface area contributed by atoms with Crippen molar-refractivity contribution in [3.05, 3.63) is 48.3 Å². The van der Waals surface area contributed by atoms with Crippen molar-refractivity contribution in [3.63, 3.8) is 0 Å². The smallest absolute Gasteiger partial charge is 0.272 e. The highest BCUT2D eigenvalue weighted by molar-refractivity contribution is 5.92. The number of ether oxygens (including phenoxy) is 1. The van der Waals surface area contributed by atoms with Gasteiger partial charge in [0.05, 0.1) is 0 Å². The van der Waals surface area contributed by atoms with Crippen LogP contribution < -0.4 is 4.74 Å².